The Bertz CT molecular complexity index is 256. The first-order chi connectivity index (χ1) is 12.2. The van der Waals surface area contributed by atoms with Crippen LogP contribution in [-0.4, -0.2) is 107 Å². The first kappa shape index (κ1) is 24.6. The van der Waals surface area contributed by atoms with Crippen molar-refractivity contribution in [1.82, 2.24) is 20.4 Å². The summed E-state index contributed by atoms with van der Waals surface area (Å²) in [7, 11) is 0. The Morgan fingerprint density at radius 3 is 1.52 bits per heavy atom. The molecule has 0 amide bonds. The highest BCUT2D eigenvalue weighted by atomic mass is 15.2. The highest BCUT2D eigenvalue weighted by molar-refractivity contribution is 4.72. The van der Waals surface area contributed by atoms with Crippen molar-refractivity contribution >= 4 is 0 Å². The standard InChI is InChI=1S/C16H43N9/c17-2-1-16(23-8-14-25(11-5-20)12-6-21)15-22-7-13-24(9-3-18)10-4-19/h16,22-23H,1-15,17-21H2. The molecule has 0 aromatic rings. The molecule has 0 saturated carbocycles. The molecule has 0 saturated heterocycles. The Labute approximate surface area is 154 Å². The molecule has 9 heteroatoms. The van der Waals surface area contributed by atoms with Gasteiger partial charge in [0.1, 0.15) is 0 Å². The summed E-state index contributed by atoms with van der Waals surface area (Å²) < 4.78 is 0. The summed E-state index contributed by atoms with van der Waals surface area (Å²) >= 11 is 0. The van der Waals surface area contributed by atoms with E-state index in [1.807, 2.05) is 0 Å². The molecule has 0 spiro atoms. The van der Waals surface area contributed by atoms with Gasteiger partial charge in [-0.3, -0.25) is 9.80 Å². The van der Waals surface area contributed by atoms with Crippen LogP contribution in [0, 0.1) is 0 Å². The van der Waals surface area contributed by atoms with Gasteiger partial charge in [0, 0.05) is 91.1 Å². The van der Waals surface area contributed by atoms with Crippen molar-refractivity contribution in [3.8, 4) is 0 Å². The van der Waals surface area contributed by atoms with Gasteiger partial charge in [-0.15, -0.1) is 0 Å². The molecule has 0 aliphatic rings. The fraction of sp³-hybridized carbons (Fsp3) is 1.00. The van der Waals surface area contributed by atoms with Crippen LogP contribution in [0.5, 0.6) is 0 Å². The van der Waals surface area contributed by atoms with Gasteiger partial charge in [-0.25, -0.2) is 0 Å². The predicted molar refractivity (Wildman–Crippen MR) is 107 cm³/mol. The van der Waals surface area contributed by atoms with Crippen LogP contribution in [0.3, 0.4) is 0 Å². The molecule has 12 N–H and O–H groups in total. The van der Waals surface area contributed by atoms with E-state index in [0.29, 0.717) is 38.8 Å². The van der Waals surface area contributed by atoms with Crippen molar-refractivity contribution in [3.05, 3.63) is 0 Å². The molecule has 25 heavy (non-hydrogen) atoms. The van der Waals surface area contributed by atoms with E-state index in [0.717, 1.165) is 65.3 Å². The maximum atomic E-state index is 5.74. The highest BCUT2D eigenvalue weighted by Crippen LogP contribution is 1.91. The van der Waals surface area contributed by atoms with E-state index in [4.69, 9.17) is 28.7 Å². The molecule has 9 nitrogen and oxygen atoms in total. The molecule has 0 aromatic carbocycles. The largest absolute Gasteiger partial charge is 0.330 e. The summed E-state index contributed by atoms with van der Waals surface area (Å²) in [6.07, 6.45) is 0.954. The van der Waals surface area contributed by atoms with Gasteiger partial charge < -0.3 is 39.3 Å². The quantitative estimate of drug-likeness (QED) is 0.115. The fourth-order valence-electron chi connectivity index (χ4n) is 2.82. The van der Waals surface area contributed by atoms with Crippen molar-refractivity contribution in [2.24, 2.45) is 28.7 Å². The number of hydrogen-bond donors (Lipinski definition) is 7. The lowest BCUT2D eigenvalue weighted by Crippen LogP contribution is -2.46. The molecule has 0 aliphatic carbocycles. The number of nitrogens with one attached hydrogen (secondary N) is 2. The van der Waals surface area contributed by atoms with Crippen molar-refractivity contribution in [2.45, 2.75) is 12.5 Å². The Balaban J connectivity index is 3.99. The second-order valence-corrected chi connectivity index (χ2v) is 6.27. The average Bonchev–Trinajstić information content (AvgIpc) is 2.59. The van der Waals surface area contributed by atoms with Gasteiger partial charge in [0.25, 0.3) is 0 Å². The molecular weight excluding hydrogens is 318 g/mol. The minimum atomic E-state index is 0.375. The number of nitrogens with zero attached hydrogens (tertiary/aromatic N) is 2. The van der Waals surface area contributed by atoms with Crippen molar-refractivity contribution in [1.29, 1.82) is 0 Å². The molecule has 0 heterocycles. The number of rotatable bonds is 19. The lowest BCUT2D eigenvalue weighted by molar-refractivity contribution is 0.275. The zero-order valence-corrected chi connectivity index (χ0v) is 16.0. The Morgan fingerprint density at radius 1 is 0.600 bits per heavy atom. The maximum absolute atomic E-state index is 5.74. The molecule has 0 bridgehead atoms. The lowest BCUT2D eigenvalue weighted by atomic mass is 10.2. The topological polar surface area (TPSA) is 161 Å². The van der Waals surface area contributed by atoms with Crippen molar-refractivity contribution in [2.75, 3.05) is 91.6 Å². The monoisotopic (exact) mass is 361 g/mol. The average molecular weight is 362 g/mol. The van der Waals surface area contributed by atoms with E-state index in [1.54, 1.807) is 0 Å². The normalized spacial score (nSPS) is 13.1. The molecule has 0 rings (SSSR count). The molecule has 1 unspecified atom stereocenters. The van der Waals surface area contributed by atoms with E-state index >= 15 is 0 Å². The fourth-order valence-corrected chi connectivity index (χ4v) is 2.82. The first-order valence-corrected chi connectivity index (χ1v) is 9.60. The van der Waals surface area contributed by atoms with Crippen molar-refractivity contribution in [3.63, 3.8) is 0 Å². The van der Waals surface area contributed by atoms with Crippen molar-refractivity contribution < 1.29 is 0 Å². The smallest absolute Gasteiger partial charge is 0.0205 e. The van der Waals surface area contributed by atoms with Crippen LogP contribution < -0.4 is 39.3 Å². The zero-order chi connectivity index (χ0) is 18.8. The van der Waals surface area contributed by atoms with Gasteiger partial charge in [-0.1, -0.05) is 0 Å². The minimum absolute atomic E-state index is 0.375. The van der Waals surface area contributed by atoms with Crippen LogP contribution in [0.15, 0.2) is 0 Å². The van der Waals surface area contributed by atoms with Crippen LogP contribution in [0.1, 0.15) is 6.42 Å². The van der Waals surface area contributed by atoms with Gasteiger partial charge in [-0.05, 0) is 13.0 Å². The van der Waals surface area contributed by atoms with Crippen LogP contribution in [0.4, 0.5) is 0 Å². The third kappa shape index (κ3) is 14.5. The summed E-state index contributed by atoms with van der Waals surface area (Å²) in [6, 6.07) is 0.375. The molecule has 152 valence electrons. The molecule has 1 atom stereocenters. The second kappa shape index (κ2) is 18.4. The number of nitrogens with two attached hydrogens (primary N) is 5. The van der Waals surface area contributed by atoms with E-state index in [2.05, 4.69) is 20.4 Å². The molecule has 0 fully saturated rings. The first-order valence-electron chi connectivity index (χ1n) is 9.60. The third-order valence-electron chi connectivity index (χ3n) is 4.15. The molecule has 0 aliphatic heterocycles. The van der Waals surface area contributed by atoms with Crippen LogP contribution in [0.25, 0.3) is 0 Å². The third-order valence-corrected chi connectivity index (χ3v) is 4.15. The second-order valence-electron chi connectivity index (χ2n) is 6.27. The zero-order valence-electron chi connectivity index (χ0n) is 16.0. The summed E-state index contributed by atoms with van der Waals surface area (Å²) in [5.41, 5.74) is 28.3. The van der Waals surface area contributed by atoms with E-state index in [1.165, 1.54) is 0 Å². The highest BCUT2D eigenvalue weighted by Gasteiger charge is 2.09. The predicted octanol–water partition coefficient (Wildman–Crippen LogP) is -3.68. The van der Waals surface area contributed by atoms with Crippen LogP contribution in [-0.2, 0) is 0 Å². The van der Waals surface area contributed by atoms with Gasteiger partial charge in [0.15, 0.2) is 0 Å². The Kier molecular flexibility index (Phi) is 18.2. The van der Waals surface area contributed by atoms with Crippen LogP contribution in [0.2, 0.25) is 0 Å². The Morgan fingerprint density at radius 2 is 1.08 bits per heavy atom. The summed E-state index contributed by atoms with van der Waals surface area (Å²) in [4.78, 5) is 4.58. The molecule has 0 radical (unpaired) electrons. The number of hydrogen-bond acceptors (Lipinski definition) is 9. The molecule has 0 aromatic heterocycles. The van der Waals surface area contributed by atoms with E-state index in [9.17, 15) is 0 Å². The van der Waals surface area contributed by atoms with Gasteiger partial charge >= 0.3 is 0 Å². The SMILES string of the molecule is NCCC(CNCCN(CCN)CCN)NCCN(CCN)CCN. The van der Waals surface area contributed by atoms with E-state index in [-0.39, 0.29) is 0 Å². The van der Waals surface area contributed by atoms with Gasteiger partial charge in [-0.2, -0.15) is 0 Å². The molecular formula is C16H43N9. The van der Waals surface area contributed by atoms with Crippen LogP contribution >= 0.6 is 0 Å². The Hall–Kier alpha value is -0.360. The van der Waals surface area contributed by atoms with E-state index < -0.39 is 0 Å². The van der Waals surface area contributed by atoms with Gasteiger partial charge in [0.2, 0.25) is 0 Å². The summed E-state index contributed by atoms with van der Waals surface area (Å²) in [5, 5.41) is 7.10. The van der Waals surface area contributed by atoms with Gasteiger partial charge in [0.05, 0.1) is 0 Å². The lowest BCUT2D eigenvalue weighted by Gasteiger charge is -2.25. The summed E-state index contributed by atoms with van der Waals surface area (Å²) in [6.45, 7) is 11.6. The minimum Gasteiger partial charge on any atom is -0.330 e. The summed E-state index contributed by atoms with van der Waals surface area (Å²) in [5.74, 6) is 0. The maximum Gasteiger partial charge on any atom is 0.0205 e.